The lowest BCUT2D eigenvalue weighted by Crippen LogP contribution is -2.34. The van der Waals surface area contributed by atoms with Gasteiger partial charge in [-0.3, -0.25) is 10.4 Å². The van der Waals surface area contributed by atoms with Gasteiger partial charge in [-0.1, -0.05) is 34.1 Å². The highest BCUT2D eigenvalue weighted by molar-refractivity contribution is 9.10. The Bertz CT molecular complexity index is 755. The molecule has 3 rings (SSSR count). The highest BCUT2D eigenvalue weighted by Crippen LogP contribution is 2.25. The van der Waals surface area contributed by atoms with Crippen LogP contribution in [0.2, 0.25) is 0 Å². The number of ether oxygens (including phenoxy) is 1. The first-order chi connectivity index (χ1) is 11.6. The molecule has 0 saturated carbocycles. The second-order valence-electron chi connectivity index (χ2n) is 5.19. The molecule has 0 radical (unpaired) electrons. The fourth-order valence-electron chi connectivity index (χ4n) is 2.19. The molecule has 1 fully saturated rings. The molecular formula is C16H17BrFN5O. The lowest BCUT2D eigenvalue weighted by atomic mass is 10.2. The summed E-state index contributed by atoms with van der Waals surface area (Å²) in [7, 11) is 1.84. The van der Waals surface area contributed by atoms with E-state index >= 15 is 0 Å². The van der Waals surface area contributed by atoms with Crippen molar-refractivity contribution in [1.29, 1.82) is 0 Å². The van der Waals surface area contributed by atoms with Gasteiger partial charge in [0.25, 0.3) is 0 Å². The van der Waals surface area contributed by atoms with Gasteiger partial charge in [-0.2, -0.15) is 5.53 Å². The van der Waals surface area contributed by atoms with Crippen LogP contribution in [-0.2, 0) is 13.2 Å². The highest BCUT2D eigenvalue weighted by atomic mass is 79.9. The van der Waals surface area contributed by atoms with E-state index < -0.39 is 0 Å². The molecule has 0 unspecified atom stereocenters. The van der Waals surface area contributed by atoms with Gasteiger partial charge in [-0.05, 0) is 24.3 Å². The Balaban J connectivity index is 1.74. The number of hydrazine groups is 3. The fraction of sp³-hybridized carbons (Fsp3) is 0.188. The lowest BCUT2D eigenvalue weighted by molar-refractivity contribution is 0.296. The van der Waals surface area contributed by atoms with E-state index in [4.69, 9.17) is 4.74 Å². The van der Waals surface area contributed by atoms with Crippen molar-refractivity contribution >= 4 is 21.9 Å². The molecule has 1 aliphatic rings. The maximum atomic E-state index is 13.7. The first-order valence-corrected chi connectivity index (χ1v) is 8.12. The molecule has 8 heteroatoms. The van der Waals surface area contributed by atoms with Gasteiger partial charge >= 0.3 is 0 Å². The second-order valence-corrected chi connectivity index (χ2v) is 6.11. The number of aliphatic imine (C=N–C) groups is 1. The Labute approximate surface area is 147 Å². The summed E-state index contributed by atoms with van der Waals surface area (Å²) in [5.74, 6) is 1.06. The van der Waals surface area contributed by atoms with E-state index in [1.807, 2.05) is 25.2 Å². The van der Waals surface area contributed by atoms with Gasteiger partial charge in [-0.25, -0.2) is 9.38 Å². The Morgan fingerprint density at radius 2 is 2.04 bits per heavy atom. The van der Waals surface area contributed by atoms with Gasteiger partial charge in [0.05, 0.1) is 6.54 Å². The number of nitrogens with one attached hydrogen (secondary N) is 3. The van der Waals surface area contributed by atoms with Crippen LogP contribution in [0.4, 0.5) is 4.39 Å². The molecule has 1 heterocycles. The zero-order chi connectivity index (χ0) is 16.9. The molecule has 0 bridgehead atoms. The third-order valence-corrected chi connectivity index (χ3v) is 3.97. The number of hydrogen-bond acceptors (Lipinski definition) is 4. The first kappa shape index (κ1) is 16.7. The maximum absolute atomic E-state index is 13.7. The van der Waals surface area contributed by atoms with Crippen molar-refractivity contribution in [3.8, 4) is 5.75 Å². The van der Waals surface area contributed by atoms with Crippen molar-refractivity contribution < 1.29 is 9.13 Å². The number of guanidine groups is 1. The summed E-state index contributed by atoms with van der Waals surface area (Å²) in [5.41, 5.74) is 9.90. The molecular weight excluding hydrogens is 377 g/mol. The van der Waals surface area contributed by atoms with E-state index in [-0.39, 0.29) is 12.4 Å². The van der Waals surface area contributed by atoms with Crippen molar-refractivity contribution in [3.05, 3.63) is 63.9 Å². The predicted molar refractivity (Wildman–Crippen MR) is 93.2 cm³/mol. The van der Waals surface area contributed by atoms with Crippen LogP contribution in [0.5, 0.6) is 5.75 Å². The van der Waals surface area contributed by atoms with Crippen molar-refractivity contribution in [1.82, 2.24) is 21.5 Å². The van der Waals surface area contributed by atoms with Crippen LogP contribution in [-0.4, -0.2) is 18.0 Å². The minimum absolute atomic E-state index is 0.166. The molecule has 3 N–H and O–H groups in total. The van der Waals surface area contributed by atoms with E-state index in [0.717, 1.165) is 10.0 Å². The maximum Gasteiger partial charge on any atom is 0.225 e. The molecule has 0 atom stereocenters. The van der Waals surface area contributed by atoms with E-state index in [1.54, 1.807) is 23.2 Å². The Kier molecular flexibility index (Phi) is 5.29. The Morgan fingerprint density at radius 3 is 2.79 bits per heavy atom. The SMILES string of the molecule is CN1NNNC1=NCc1cc(Br)ccc1OCc1ccccc1F. The topological polar surface area (TPSA) is 60.9 Å². The largest absolute Gasteiger partial charge is 0.488 e. The van der Waals surface area contributed by atoms with Crippen LogP contribution >= 0.6 is 15.9 Å². The van der Waals surface area contributed by atoms with E-state index in [9.17, 15) is 4.39 Å². The predicted octanol–water partition coefficient (Wildman–Crippen LogP) is 2.48. The molecule has 0 spiro atoms. The Hall–Kier alpha value is -2.16. The zero-order valence-corrected chi connectivity index (χ0v) is 14.6. The quantitative estimate of drug-likeness (QED) is 0.728. The van der Waals surface area contributed by atoms with Crippen molar-refractivity contribution in [2.45, 2.75) is 13.2 Å². The first-order valence-electron chi connectivity index (χ1n) is 7.33. The van der Waals surface area contributed by atoms with Gasteiger partial charge in [0.15, 0.2) is 0 Å². The van der Waals surface area contributed by atoms with Crippen LogP contribution in [0.15, 0.2) is 51.9 Å². The molecule has 24 heavy (non-hydrogen) atoms. The summed E-state index contributed by atoms with van der Waals surface area (Å²) in [6.07, 6.45) is 0. The number of rotatable bonds is 5. The van der Waals surface area contributed by atoms with Crippen LogP contribution in [0.1, 0.15) is 11.1 Å². The number of benzene rings is 2. The average Bonchev–Trinajstić information content (AvgIpc) is 2.98. The fourth-order valence-corrected chi connectivity index (χ4v) is 2.60. The summed E-state index contributed by atoms with van der Waals surface area (Å²) in [5, 5.41) is 1.72. The summed E-state index contributed by atoms with van der Waals surface area (Å²) in [4.78, 5) is 4.48. The van der Waals surface area contributed by atoms with Gasteiger partial charge in [0.2, 0.25) is 5.96 Å². The van der Waals surface area contributed by atoms with E-state index in [1.165, 1.54) is 6.07 Å². The molecule has 0 aromatic heterocycles. The second kappa shape index (κ2) is 7.61. The molecule has 0 aliphatic carbocycles. The normalized spacial score (nSPS) is 15.6. The molecule has 6 nitrogen and oxygen atoms in total. The van der Waals surface area contributed by atoms with E-state index in [2.05, 4.69) is 37.4 Å². The third kappa shape index (κ3) is 4.02. The van der Waals surface area contributed by atoms with Crippen molar-refractivity contribution in [2.75, 3.05) is 7.05 Å². The standard InChI is InChI=1S/C16H17BrFN5O/c1-23-16(20-21-22-23)19-9-12-8-13(17)6-7-15(12)24-10-11-4-2-3-5-14(11)18/h2-8,21-22H,9-10H2,1H3,(H,19,20). The smallest absolute Gasteiger partial charge is 0.225 e. The lowest BCUT2D eigenvalue weighted by Gasteiger charge is -2.12. The minimum Gasteiger partial charge on any atom is -0.488 e. The summed E-state index contributed by atoms with van der Waals surface area (Å²) in [6, 6.07) is 12.3. The van der Waals surface area contributed by atoms with Gasteiger partial charge < -0.3 is 4.74 Å². The Morgan fingerprint density at radius 1 is 1.21 bits per heavy atom. The van der Waals surface area contributed by atoms with Crippen LogP contribution < -0.4 is 21.2 Å². The highest BCUT2D eigenvalue weighted by Gasteiger charge is 2.13. The zero-order valence-electron chi connectivity index (χ0n) is 13.0. The molecule has 0 amide bonds. The van der Waals surface area contributed by atoms with Crippen LogP contribution in [0, 0.1) is 5.82 Å². The summed E-state index contributed by atoms with van der Waals surface area (Å²) >= 11 is 3.45. The van der Waals surface area contributed by atoms with Gasteiger partial charge in [0.1, 0.15) is 18.2 Å². The minimum atomic E-state index is -0.273. The monoisotopic (exact) mass is 393 g/mol. The van der Waals surface area contributed by atoms with Crippen LogP contribution in [0.3, 0.4) is 0 Å². The van der Waals surface area contributed by atoms with E-state index in [0.29, 0.717) is 23.8 Å². The summed E-state index contributed by atoms with van der Waals surface area (Å²) in [6.45, 7) is 0.585. The molecule has 2 aromatic carbocycles. The van der Waals surface area contributed by atoms with Crippen molar-refractivity contribution in [2.24, 2.45) is 4.99 Å². The molecule has 1 aliphatic heterocycles. The third-order valence-electron chi connectivity index (χ3n) is 3.48. The molecule has 126 valence electrons. The van der Waals surface area contributed by atoms with Gasteiger partial charge in [0, 0.05) is 22.6 Å². The number of halogens is 2. The summed E-state index contributed by atoms with van der Waals surface area (Å²) < 4.78 is 20.5. The van der Waals surface area contributed by atoms with Gasteiger partial charge in [-0.15, -0.1) is 5.53 Å². The van der Waals surface area contributed by atoms with Crippen molar-refractivity contribution in [3.63, 3.8) is 0 Å². The average molecular weight is 394 g/mol. The molecule has 2 aromatic rings. The van der Waals surface area contributed by atoms with Crippen LogP contribution in [0.25, 0.3) is 0 Å². The number of hydrogen-bond donors (Lipinski definition) is 3. The molecule has 1 saturated heterocycles. The number of nitrogens with zero attached hydrogens (tertiary/aromatic N) is 2.